The molecule has 0 spiro atoms. The van der Waals surface area contributed by atoms with Gasteiger partial charge < -0.3 is 24.7 Å². The molecule has 0 radical (unpaired) electrons. The Labute approximate surface area is 182 Å². The summed E-state index contributed by atoms with van der Waals surface area (Å²) in [4.78, 5) is 11.0. The molecular formula is C21H24F3N4O3P. The number of ether oxygens (including phenoxy) is 1. The zero-order valence-electron chi connectivity index (χ0n) is 17.7. The number of para-hydroxylation sites is 1. The molecule has 0 saturated carbocycles. The van der Waals surface area contributed by atoms with E-state index in [-0.39, 0.29) is 23.8 Å². The van der Waals surface area contributed by atoms with Gasteiger partial charge in [-0.15, -0.1) is 0 Å². The van der Waals surface area contributed by atoms with E-state index >= 15 is 0 Å². The molecule has 0 amide bonds. The van der Waals surface area contributed by atoms with Crippen molar-refractivity contribution in [2.24, 2.45) is 0 Å². The molecule has 3 aromatic rings. The van der Waals surface area contributed by atoms with Crippen molar-refractivity contribution in [3.63, 3.8) is 0 Å². The maximum atomic E-state index is 13.8. The zero-order chi connectivity index (χ0) is 23.1. The van der Waals surface area contributed by atoms with Crippen LogP contribution in [0.25, 0.3) is 22.2 Å². The van der Waals surface area contributed by atoms with Gasteiger partial charge in [0, 0.05) is 61.2 Å². The van der Waals surface area contributed by atoms with E-state index in [2.05, 4.69) is 20.3 Å². The third-order valence-electron chi connectivity index (χ3n) is 5.62. The van der Waals surface area contributed by atoms with E-state index in [0.717, 1.165) is 6.20 Å². The lowest BCUT2D eigenvalue weighted by Crippen LogP contribution is -2.42. The summed E-state index contributed by atoms with van der Waals surface area (Å²) in [5, 5.41) is 14.5. The molecule has 1 aromatic carbocycles. The minimum Gasteiger partial charge on any atom is -0.388 e. The summed E-state index contributed by atoms with van der Waals surface area (Å²) < 4.78 is 59.2. The van der Waals surface area contributed by atoms with Crippen LogP contribution >= 0.6 is 7.14 Å². The molecule has 3 N–H and O–H groups in total. The number of aromatic amines is 1. The van der Waals surface area contributed by atoms with E-state index in [1.807, 2.05) is 0 Å². The second-order valence-corrected chi connectivity index (χ2v) is 11.6. The number of fused-ring (bicyclic) bond motifs is 1. The van der Waals surface area contributed by atoms with E-state index < -0.39 is 24.5 Å². The fourth-order valence-electron chi connectivity index (χ4n) is 3.83. The van der Waals surface area contributed by atoms with Gasteiger partial charge in [0.1, 0.15) is 12.7 Å². The van der Waals surface area contributed by atoms with Gasteiger partial charge in [-0.3, -0.25) is 0 Å². The van der Waals surface area contributed by atoms with Crippen LogP contribution in [0.2, 0.25) is 0 Å². The highest BCUT2D eigenvalue weighted by atomic mass is 31.2. The fraction of sp³-hybridized carbons (Fsp3) is 0.429. The van der Waals surface area contributed by atoms with Gasteiger partial charge in [-0.2, -0.15) is 13.2 Å². The Morgan fingerprint density at radius 1 is 1.28 bits per heavy atom. The third-order valence-corrected chi connectivity index (χ3v) is 7.15. The average molecular weight is 468 g/mol. The minimum atomic E-state index is -4.67. The lowest BCUT2D eigenvalue weighted by atomic mass is 9.94. The number of H-pyrrole nitrogens is 1. The number of alkyl halides is 3. The highest BCUT2D eigenvalue weighted by molar-refractivity contribution is 7.70. The number of nitrogens with one attached hydrogen (secondary N) is 2. The summed E-state index contributed by atoms with van der Waals surface area (Å²) in [5.41, 5.74) is -1.55. The van der Waals surface area contributed by atoms with E-state index in [0.29, 0.717) is 42.3 Å². The predicted molar refractivity (Wildman–Crippen MR) is 117 cm³/mol. The molecule has 1 saturated heterocycles. The number of halogens is 3. The van der Waals surface area contributed by atoms with Crippen LogP contribution in [-0.2, 0) is 15.5 Å². The van der Waals surface area contributed by atoms with Crippen molar-refractivity contribution in [2.75, 3.05) is 38.4 Å². The number of hydrogen-bond donors (Lipinski definition) is 3. The number of aromatic nitrogens is 3. The van der Waals surface area contributed by atoms with E-state index in [4.69, 9.17) is 4.74 Å². The fourth-order valence-corrected chi connectivity index (χ4v) is 5.00. The first-order valence-corrected chi connectivity index (χ1v) is 12.7. The van der Waals surface area contributed by atoms with Crippen molar-refractivity contribution in [3.05, 3.63) is 36.2 Å². The normalized spacial score (nSPS) is 16.9. The van der Waals surface area contributed by atoms with Crippen LogP contribution in [-0.4, -0.2) is 58.7 Å². The van der Waals surface area contributed by atoms with Gasteiger partial charge in [0.2, 0.25) is 5.95 Å². The molecule has 32 heavy (non-hydrogen) atoms. The number of anilines is 1. The lowest BCUT2D eigenvalue weighted by Gasteiger charge is -2.32. The van der Waals surface area contributed by atoms with Crippen molar-refractivity contribution in [3.8, 4) is 11.3 Å². The smallest absolute Gasteiger partial charge is 0.388 e. The molecule has 2 aromatic heterocycles. The maximum Gasteiger partial charge on any atom is 0.419 e. The summed E-state index contributed by atoms with van der Waals surface area (Å²) in [7, 11) is -2.67. The molecule has 1 fully saturated rings. The van der Waals surface area contributed by atoms with Gasteiger partial charge in [0.25, 0.3) is 0 Å². The van der Waals surface area contributed by atoms with Crippen LogP contribution < -0.4 is 10.6 Å². The highest BCUT2D eigenvalue weighted by Gasteiger charge is 2.36. The second-order valence-electron chi connectivity index (χ2n) is 8.40. The van der Waals surface area contributed by atoms with Crippen molar-refractivity contribution < 1.29 is 27.6 Å². The highest BCUT2D eigenvalue weighted by Crippen LogP contribution is 2.41. The summed E-state index contributed by atoms with van der Waals surface area (Å²) >= 11 is 0. The van der Waals surface area contributed by atoms with E-state index in [9.17, 15) is 22.8 Å². The van der Waals surface area contributed by atoms with Crippen molar-refractivity contribution in [2.45, 2.75) is 24.6 Å². The Morgan fingerprint density at radius 2 is 2.00 bits per heavy atom. The molecule has 0 unspecified atom stereocenters. The van der Waals surface area contributed by atoms with Gasteiger partial charge in [-0.05, 0) is 19.4 Å². The van der Waals surface area contributed by atoms with Crippen molar-refractivity contribution >= 4 is 29.3 Å². The summed E-state index contributed by atoms with van der Waals surface area (Å²) in [6.45, 7) is 4.13. The standard InChI is InChI=1S/C21H24F3N4O3P/c1-32(2,30)16-5-3-4-13-14(10-25-18(13)16)17-15(21(22,23)24)11-26-19(28-17)27-12-20(29)6-8-31-9-7-20/h3-5,10-11,25,29H,6-9,12H2,1-2H3,(H,26,27,28). The summed E-state index contributed by atoms with van der Waals surface area (Å²) in [5.74, 6) is -0.0184. The Balaban J connectivity index is 1.77. The Morgan fingerprint density at radius 3 is 2.66 bits per heavy atom. The van der Waals surface area contributed by atoms with Gasteiger partial charge >= 0.3 is 6.18 Å². The summed E-state index contributed by atoms with van der Waals surface area (Å²) in [6, 6.07) is 5.04. The SMILES string of the molecule is CP(C)(=O)c1cccc2c(-c3nc(NCC4(O)CCOCC4)ncc3C(F)(F)F)c[nH]c12. The molecule has 172 valence electrons. The monoisotopic (exact) mass is 468 g/mol. The zero-order valence-corrected chi connectivity index (χ0v) is 18.6. The van der Waals surface area contributed by atoms with Gasteiger partial charge in [0.15, 0.2) is 0 Å². The van der Waals surface area contributed by atoms with Crippen molar-refractivity contribution in [1.82, 2.24) is 15.0 Å². The molecule has 0 aliphatic carbocycles. The topological polar surface area (TPSA) is 100 Å². The van der Waals surface area contributed by atoms with Crippen LogP contribution in [0, 0.1) is 0 Å². The van der Waals surface area contributed by atoms with Crippen LogP contribution in [0.1, 0.15) is 18.4 Å². The molecular weight excluding hydrogens is 444 g/mol. The summed E-state index contributed by atoms with van der Waals surface area (Å²) in [6.07, 6.45) is -1.67. The number of rotatable bonds is 5. The number of hydrogen-bond acceptors (Lipinski definition) is 6. The minimum absolute atomic E-state index is 0.0184. The Kier molecular flexibility index (Phi) is 5.81. The van der Waals surface area contributed by atoms with E-state index in [1.165, 1.54) is 6.20 Å². The molecule has 7 nitrogen and oxygen atoms in total. The molecule has 1 aliphatic rings. The maximum absolute atomic E-state index is 13.8. The molecule has 3 heterocycles. The van der Waals surface area contributed by atoms with Crippen molar-refractivity contribution in [1.29, 1.82) is 0 Å². The van der Waals surface area contributed by atoms with Gasteiger partial charge in [-0.25, -0.2) is 9.97 Å². The number of nitrogens with zero attached hydrogens (tertiary/aromatic N) is 2. The molecule has 11 heteroatoms. The van der Waals surface area contributed by atoms with Crippen LogP contribution in [0.4, 0.5) is 19.1 Å². The third kappa shape index (κ3) is 4.53. The second kappa shape index (κ2) is 8.17. The first-order chi connectivity index (χ1) is 15.0. The molecule has 1 aliphatic heterocycles. The predicted octanol–water partition coefficient (Wildman–Crippen LogP) is 3.85. The molecule has 0 atom stereocenters. The molecule has 0 bridgehead atoms. The quantitative estimate of drug-likeness (QED) is 0.492. The Bertz CT molecular complexity index is 1180. The average Bonchev–Trinajstić information content (AvgIpc) is 3.15. The van der Waals surface area contributed by atoms with Crippen LogP contribution in [0.3, 0.4) is 0 Å². The first-order valence-electron chi connectivity index (χ1n) is 10.1. The number of aliphatic hydroxyl groups is 1. The van der Waals surface area contributed by atoms with Crippen LogP contribution in [0.15, 0.2) is 30.6 Å². The van der Waals surface area contributed by atoms with Crippen LogP contribution in [0.5, 0.6) is 0 Å². The van der Waals surface area contributed by atoms with E-state index in [1.54, 1.807) is 31.5 Å². The Hall–Kier alpha value is -2.42. The van der Waals surface area contributed by atoms with Gasteiger partial charge in [0.05, 0.1) is 16.8 Å². The number of benzene rings is 1. The lowest BCUT2D eigenvalue weighted by molar-refractivity contribution is -0.137. The molecule has 4 rings (SSSR count). The largest absolute Gasteiger partial charge is 0.419 e. The first kappa shape index (κ1) is 22.8. The van der Waals surface area contributed by atoms with Gasteiger partial charge in [-0.1, -0.05) is 12.1 Å².